The molecule has 0 aliphatic rings. The molecule has 4 aromatic rings. The number of hydrogen-bond donors (Lipinski definition) is 1. The van der Waals surface area contributed by atoms with Crippen LogP contribution in [-0.2, 0) is 6.54 Å². The number of para-hydroxylation sites is 1. The summed E-state index contributed by atoms with van der Waals surface area (Å²) in [5.74, 6) is 1.06. The van der Waals surface area contributed by atoms with Gasteiger partial charge in [0.25, 0.3) is 5.91 Å². The highest BCUT2D eigenvalue weighted by molar-refractivity contribution is 7.07. The maximum Gasteiger partial charge on any atom is 0.285 e. The molecule has 0 aliphatic heterocycles. The lowest BCUT2D eigenvalue weighted by molar-refractivity contribution is 0.0944. The number of ether oxygens (including phenoxy) is 1. The van der Waals surface area contributed by atoms with Gasteiger partial charge in [0.1, 0.15) is 5.75 Å². The highest BCUT2D eigenvalue weighted by Gasteiger charge is 2.21. The number of carbonyl (C=O) groups is 1. The predicted molar refractivity (Wildman–Crippen MR) is 110 cm³/mol. The van der Waals surface area contributed by atoms with E-state index in [2.05, 4.69) is 15.4 Å². The van der Waals surface area contributed by atoms with E-state index in [1.165, 1.54) is 4.68 Å². The van der Waals surface area contributed by atoms with Gasteiger partial charge < -0.3 is 10.1 Å². The zero-order valence-corrected chi connectivity index (χ0v) is 16.0. The number of aromatic nitrogens is 3. The molecule has 6 nitrogen and oxygen atoms in total. The second-order valence-electron chi connectivity index (χ2n) is 6.03. The van der Waals surface area contributed by atoms with E-state index in [0.717, 1.165) is 11.1 Å². The molecular weight excluding hydrogens is 372 g/mol. The quantitative estimate of drug-likeness (QED) is 0.531. The summed E-state index contributed by atoms with van der Waals surface area (Å²) < 4.78 is 6.63. The lowest BCUT2D eigenvalue weighted by atomic mass is 10.2. The fourth-order valence-electron chi connectivity index (χ4n) is 2.79. The van der Waals surface area contributed by atoms with Crippen molar-refractivity contribution in [1.29, 1.82) is 0 Å². The highest BCUT2D eigenvalue weighted by Crippen LogP contribution is 2.23. The predicted octanol–water partition coefficient (Wildman–Crippen LogP) is 4.32. The third-order valence-electron chi connectivity index (χ3n) is 4.20. The number of rotatable bonds is 6. The number of anilines is 1. The molecule has 0 spiro atoms. The number of nitrogens with zero attached hydrogens (tertiary/aromatic N) is 3. The summed E-state index contributed by atoms with van der Waals surface area (Å²) in [6.07, 6.45) is 0. The van der Waals surface area contributed by atoms with Crippen molar-refractivity contribution >= 4 is 23.2 Å². The summed E-state index contributed by atoms with van der Waals surface area (Å²) in [5.41, 5.74) is 2.38. The molecule has 0 aliphatic carbocycles. The molecule has 0 amide bonds. The first-order valence-electron chi connectivity index (χ1n) is 8.71. The maximum absolute atomic E-state index is 13.2. The van der Waals surface area contributed by atoms with Crippen LogP contribution >= 0.6 is 11.3 Å². The molecule has 0 radical (unpaired) electrons. The van der Waals surface area contributed by atoms with Crippen molar-refractivity contribution in [1.82, 2.24) is 14.8 Å². The molecule has 0 saturated carbocycles. The minimum absolute atomic E-state index is 0.306. The summed E-state index contributed by atoms with van der Waals surface area (Å²) >= 11 is 1.62. The second-order valence-corrected chi connectivity index (χ2v) is 6.81. The Bertz CT molecular complexity index is 1080. The van der Waals surface area contributed by atoms with Crippen LogP contribution in [0.5, 0.6) is 5.75 Å². The van der Waals surface area contributed by atoms with E-state index in [1.807, 2.05) is 53.2 Å². The van der Waals surface area contributed by atoms with Gasteiger partial charge in [-0.1, -0.05) is 42.5 Å². The zero-order valence-electron chi connectivity index (χ0n) is 15.2. The average molecular weight is 390 g/mol. The lowest BCUT2D eigenvalue weighted by Crippen LogP contribution is -2.18. The number of nitrogens with one attached hydrogen (secondary N) is 1. The van der Waals surface area contributed by atoms with Gasteiger partial charge in [0, 0.05) is 12.1 Å². The van der Waals surface area contributed by atoms with Gasteiger partial charge in [0.05, 0.1) is 12.7 Å². The Morgan fingerprint density at radius 1 is 1.11 bits per heavy atom. The van der Waals surface area contributed by atoms with Crippen molar-refractivity contribution < 1.29 is 9.53 Å². The number of benzene rings is 2. The Kier molecular flexibility index (Phi) is 5.16. The molecule has 1 N–H and O–H groups in total. The van der Waals surface area contributed by atoms with Crippen LogP contribution in [0.25, 0.3) is 11.4 Å². The van der Waals surface area contributed by atoms with E-state index in [9.17, 15) is 4.79 Å². The molecule has 7 heteroatoms. The van der Waals surface area contributed by atoms with Crippen molar-refractivity contribution in [2.45, 2.75) is 6.54 Å². The Morgan fingerprint density at radius 3 is 2.64 bits per heavy atom. The van der Waals surface area contributed by atoms with E-state index in [4.69, 9.17) is 4.74 Å². The first-order valence-corrected chi connectivity index (χ1v) is 9.65. The molecule has 140 valence electrons. The third-order valence-corrected chi connectivity index (χ3v) is 4.93. The van der Waals surface area contributed by atoms with Crippen LogP contribution in [0.3, 0.4) is 0 Å². The van der Waals surface area contributed by atoms with Gasteiger partial charge in [0.2, 0.25) is 5.95 Å². The normalized spacial score (nSPS) is 10.6. The molecule has 28 heavy (non-hydrogen) atoms. The van der Waals surface area contributed by atoms with Crippen LogP contribution in [0.1, 0.15) is 15.9 Å². The fraction of sp³-hybridized carbons (Fsp3) is 0.0952. The minimum atomic E-state index is -0.306. The Morgan fingerprint density at radius 2 is 1.89 bits per heavy atom. The van der Waals surface area contributed by atoms with Crippen LogP contribution in [0.4, 0.5) is 5.95 Å². The molecule has 0 unspecified atom stereocenters. The maximum atomic E-state index is 13.2. The zero-order chi connectivity index (χ0) is 19.3. The summed E-state index contributed by atoms with van der Waals surface area (Å²) in [4.78, 5) is 17.8. The summed E-state index contributed by atoms with van der Waals surface area (Å²) in [5, 5.41) is 11.8. The van der Waals surface area contributed by atoms with Crippen molar-refractivity contribution in [3.8, 4) is 17.1 Å². The van der Waals surface area contributed by atoms with Crippen LogP contribution in [0.15, 0.2) is 71.4 Å². The van der Waals surface area contributed by atoms with Gasteiger partial charge in [-0.15, -0.1) is 5.10 Å². The Balaban J connectivity index is 1.73. The standard InChI is InChI=1S/C21H18N4O2S/c1-27-18-10-6-5-9-17(18)20(26)25-21(22-13-15-11-12-28-14-15)23-19(24-25)16-7-3-2-4-8-16/h2-12,14H,13H2,1H3,(H,22,23,24). The average Bonchev–Trinajstić information content (AvgIpc) is 3.42. The molecular formula is C21H18N4O2S. The fourth-order valence-corrected chi connectivity index (χ4v) is 3.46. The van der Waals surface area contributed by atoms with Gasteiger partial charge in [-0.2, -0.15) is 21.0 Å². The van der Waals surface area contributed by atoms with Crippen molar-refractivity contribution in [2.24, 2.45) is 0 Å². The van der Waals surface area contributed by atoms with Crippen LogP contribution in [0, 0.1) is 0 Å². The SMILES string of the molecule is COc1ccccc1C(=O)n1nc(-c2ccccc2)nc1NCc1ccsc1. The number of thiophene rings is 1. The Labute approximate surface area is 166 Å². The number of carbonyl (C=O) groups excluding carboxylic acids is 1. The molecule has 2 heterocycles. The van der Waals surface area contributed by atoms with E-state index in [0.29, 0.717) is 29.6 Å². The van der Waals surface area contributed by atoms with Crippen molar-refractivity contribution in [2.75, 3.05) is 12.4 Å². The van der Waals surface area contributed by atoms with E-state index in [-0.39, 0.29) is 5.91 Å². The number of methoxy groups -OCH3 is 1. The molecule has 2 aromatic carbocycles. The van der Waals surface area contributed by atoms with E-state index < -0.39 is 0 Å². The molecule has 0 saturated heterocycles. The summed E-state index contributed by atoms with van der Waals surface area (Å²) in [6.45, 7) is 0.551. The van der Waals surface area contributed by atoms with Crippen molar-refractivity contribution in [3.63, 3.8) is 0 Å². The largest absolute Gasteiger partial charge is 0.496 e. The monoisotopic (exact) mass is 390 g/mol. The second kappa shape index (κ2) is 8.06. The molecule has 0 atom stereocenters. The van der Waals surface area contributed by atoms with Crippen LogP contribution < -0.4 is 10.1 Å². The van der Waals surface area contributed by atoms with Gasteiger partial charge in [-0.25, -0.2) is 0 Å². The highest BCUT2D eigenvalue weighted by atomic mass is 32.1. The third kappa shape index (κ3) is 3.65. The summed E-state index contributed by atoms with van der Waals surface area (Å²) in [6, 6.07) is 18.7. The van der Waals surface area contributed by atoms with Crippen molar-refractivity contribution in [3.05, 3.63) is 82.6 Å². The summed E-state index contributed by atoms with van der Waals surface area (Å²) in [7, 11) is 1.54. The topological polar surface area (TPSA) is 69.0 Å². The van der Waals surface area contributed by atoms with Gasteiger partial charge in [-0.05, 0) is 34.5 Å². The first kappa shape index (κ1) is 17.9. The van der Waals surface area contributed by atoms with Gasteiger partial charge in [0.15, 0.2) is 5.82 Å². The lowest BCUT2D eigenvalue weighted by Gasteiger charge is -2.09. The smallest absolute Gasteiger partial charge is 0.285 e. The van der Waals surface area contributed by atoms with E-state index >= 15 is 0 Å². The molecule has 2 aromatic heterocycles. The van der Waals surface area contributed by atoms with Gasteiger partial charge >= 0.3 is 0 Å². The molecule has 0 bridgehead atoms. The van der Waals surface area contributed by atoms with E-state index in [1.54, 1.807) is 36.6 Å². The van der Waals surface area contributed by atoms with Gasteiger partial charge in [-0.3, -0.25) is 4.79 Å². The molecule has 0 fully saturated rings. The number of hydrogen-bond acceptors (Lipinski definition) is 6. The first-order chi connectivity index (χ1) is 13.8. The molecule has 4 rings (SSSR count). The van der Waals surface area contributed by atoms with Crippen LogP contribution in [-0.4, -0.2) is 27.8 Å². The minimum Gasteiger partial charge on any atom is -0.496 e. The van der Waals surface area contributed by atoms with Crippen LogP contribution in [0.2, 0.25) is 0 Å². The Hall–Kier alpha value is -3.45.